The lowest BCUT2D eigenvalue weighted by atomic mass is 9.79. The highest BCUT2D eigenvalue weighted by Gasteiger charge is 2.28. The molecule has 0 spiro atoms. The van der Waals surface area contributed by atoms with Gasteiger partial charge in [0.05, 0.1) is 12.3 Å². The Hall–Kier alpha value is -3.02. The molecule has 0 saturated heterocycles. The fraction of sp³-hybridized carbons (Fsp3) is 0.364. The maximum absolute atomic E-state index is 12.9. The normalized spacial score (nSPS) is 18.5. The molecule has 2 aliphatic rings. The minimum absolute atomic E-state index is 0.121. The van der Waals surface area contributed by atoms with Crippen LogP contribution in [0.4, 0.5) is 0 Å². The van der Waals surface area contributed by atoms with E-state index in [-0.39, 0.29) is 11.5 Å². The van der Waals surface area contributed by atoms with E-state index in [2.05, 4.69) is 46.3 Å². The van der Waals surface area contributed by atoms with Crippen molar-refractivity contribution in [1.29, 1.82) is 0 Å². The topological polar surface area (TPSA) is 69.9 Å². The zero-order valence-corrected chi connectivity index (χ0v) is 15.8. The third-order valence-electron chi connectivity index (χ3n) is 5.66. The van der Waals surface area contributed by atoms with Crippen LogP contribution in [0.5, 0.6) is 5.75 Å². The van der Waals surface area contributed by atoms with Crippen molar-refractivity contribution in [3.63, 3.8) is 0 Å². The fourth-order valence-electron chi connectivity index (χ4n) is 3.99. The summed E-state index contributed by atoms with van der Waals surface area (Å²) in [6.07, 6.45) is 9.96. The van der Waals surface area contributed by atoms with Crippen LogP contribution in [-0.4, -0.2) is 25.9 Å². The first-order valence-corrected chi connectivity index (χ1v) is 9.75. The number of nitrogens with zero attached hydrogens (tertiary/aromatic N) is 4. The van der Waals surface area contributed by atoms with Crippen molar-refractivity contribution in [2.75, 3.05) is 0 Å². The molecule has 2 aliphatic carbocycles. The van der Waals surface area contributed by atoms with Crippen LogP contribution in [-0.2, 0) is 12.8 Å². The van der Waals surface area contributed by atoms with Gasteiger partial charge in [0.25, 0.3) is 11.5 Å². The summed E-state index contributed by atoms with van der Waals surface area (Å²) < 4.78 is 7.34. The molecule has 1 radical (unpaired) electrons. The molecule has 0 N–H and O–H groups in total. The summed E-state index contributed by atoms with van der Waals surface area (Å²) in [7, 11) is 0. The second kappa shape index (κ2) is 6.86. The number of ether oxygens (including phenoxy) is 1. The van der Waals surface area contributed by atoms with Crippen LogP contribution >= 0.6 is 0 Å². The number of benzene rings is 1. The molecule has 1 unspecified atom stereocenters. The summed E-state index contributed by atoms with van der Waals surface area (Å²) in [5.41, 5.74) is 4.26. The average molecular weight is 373 g/mol. The molecule has 28 heavy (non-hydrogen) atoms. The summed E-state index contributed by atoms with van der Waals surface area (Å²) in [6, 6.07) is 9.09. The van der Waals surface area contributed by atoms with E-state index in [1.807, 2.05) is 0 Å². The summed E-state index contributed by atoms with van der Waals surface area (Å²) >= 11 is 0. The lowest BCUT2D eigenvalue weighted by molar-refractivity contribution is 0.300. The van der Waals surface area contributed by atoms with Crippen LogP contribution in [0.1, 0.15) is 47.4 Å². The van der Waals surface area contributed by atoms with E-state index in [1.165, 1.54) is 28.2 Å². The van der Waals surface area contributed by atoms with E-state index in [9.17, 15) is 4.79 Å². The second-order valence-corrected chi connectivity index (χ2v) is 7.58. The van der Waals surface area contributed by atoms with Gasteiger partial charge in [-0.3, -0.25) is 4.79 Å². The Morgan fingerprint density at radius 1 is 1.18 bits per heavy atom. The summed E-state index contributed by atoms with van der Waals surface area (Å²) in [5, 5.41) is 4.32. The summed E-state index contributed by atoms with van der Waals surface area (Å²) in [4.78, 5) is 21.1. The third-order valence-corrected chi connectivity index (χ3v) is 5.66. The minimum atomic E-state index is -0.121. The van der Waals surface area contributed by atoms with E-state index >= 15 is 0 Å². The zero-order valence-electron chi connectivity index (χ0n) is 15.8. The molecule has 0 bridgehead atoms. The zero-order chi connectivity index (χ0) is 19.1. The summed E-state index contributed by atoms with van der Waals surface area (Å²) in [5.74, 6) is 1.65. The van der Waals surface area contributed by atoms with Crippen molar-refractivity contribution < 1.29 is 4.74 Å². The molecule has 3 aromatic rings. The van der Waals surface area contributed by atoms with E-state index in [4.69, 9.17) is 4.74 Å². The lowest BCUT2D eigenvalue weighted by Gasteiger charge is -2.26. The maximum Gasteiger partial charge on any atom is 0.277 e. The van der Waals surface area contributed by atoms with Crippen LogP contribution in [0.3, 0.4) is 0 Å². The van der Waals surface area contributed by atoms with Gasteiger partial charge in [-0.25, -0.2) is 9.97 Å². The number of hydrogen-bond acceptors (Lipinski definition) is 5. The molecular weight excluding hydrogens is 352 g/mol. The first kappa shape index (κ1) is 17.1. The van der Waals surface area contributed by atoms with Gasteiger partial charge < -0.3 is 4.74 Å². The predicted octanol–water partition coefficient (Wildman–Crippen LogP) is 2.94. The van der Waals surface area contributed by atoms with Gasteiger partial charge in [0.15, 0.2) is 0 Å². The van der Waals surface area contributed by atoms with Gasteiger partial charge in [-0.15, -0.1) is 0 Å². The highest BCUT2D eigenvalue weighted by molar-refractivity contribution is 5.43. The maximum atomic E-state index is 12.9. The number of aromatic nitrogens is 4. The quantitative estimate of drug-likeness (QED) is 0.703. The van der Waals surface area contributed by atoms with Crippen LogP contribution in [0, 0.1) is 13.0 Å². The Bertz CT molecular complexity index is 1070. The predicted molar refractivity (Wildman–Crippen MR) is 104 cm³/mol. The largest absolute Gasteiger partial charge is 0.490 e. The molecular formula is C22H21N4O2. The van der Waals surface area contributed by atoms with Crippen molar-refractivity contribution >= 4 is 0 Å². The smallest absolute Gasteiger partial charge is 0.277 e. The van der Waals surface area contributed by atoms with Gasteiger partial charge in [0.1, 0.15) is 5.75 Å². The van der Waals surface area contributed by atoms with E-state index in [1.54, 1.807) is 6.20 Å². The van der Waals surface area contributed by atoms with Gasteiger partial charge in [0, 0.05) is 24.0 Å². The van der Waals surface area contributed by atoms with Crippen molar-refractivity contribution in [2.24, 2.45) is 0 Å². The number of rotatable bonds is 4. The molecule has 6 nitrogen and oxygen atoms in total. The third kappa shape index (κ3) is 3.09. The molecule has 2 heterocycles. The van der Waals surface area contributed by atoms with Gasteiger partial charge in [-0.1, -0.05) is 12.1 Å². The standard InChI is InChI=1S/C22H21N4O2/c1-14-18(4-2-5-20(14)28-17-7-8-17)15-6-9-19-16(12-15)13-25-26(21(19)27)22-23-10-3-11-24-22/h2,4-5,10-11,13,15,17H,6-9,12H2,1H3. The van der Waals surface area contributed by atoms with Gasteiger partial charge in [0.2, 0.25) is 0 Å². The molecule has 0 aliphatic heterocycles. The van der Waals surface area contributed by atoms with Crippen LogP contribution in [0.25, 0.3) is 5.95 Å². The average Bonchev–Trinajstić information content (AvgIpc) is 3.54. The van der Waals surface area contributed by atoms with Gasteiger partial charge in [-0.2, -0.15) is 9.78 Å². The fourth-order valence-corrected chi connectivity index (χ4v) is 3.99. The highest BCUT2D eigenvalue weighted by Crippen LogP contribution is 2.37. The molecule has 1 fully saturated rings. The Morgan fingerprint density at radius 2 is 2.00 bits per heavy atom. The van der Waals surface area contributed by atoms with Crippen molar-refractivity contribution in [3.05, 3.63) is 75.5 Å². The molecule has 5 rings (SSSR count). The molecule has 141 valence electrons. The Labute approximate surface area is 163 Å². The number of fused-ring (bicyclic) bond motifs is 1. The Kier molecular flexibility index (Phi) is 4.19. The van der Waals surface area contributed by atoms with E-state index in [0.717, 1.165) is 49.0 Å². The Balaban J connectivity index is 1.45. The van der Waals surface area contributed by atoms with Gasteiger partial charge >= 0.3 is 0 Å². The van der Waals surface area contributed by atoms with Crippen molar-refractivity contribution in [1.82, 2.24) is 19.7 Å². The van der Waals surface area contributed by atoms with Crippen LogP contribution in [0.15, 0.2) is 41.6 Å². The van der Waals surface area contributed by atoms with Gasteiger partial charge in [-0.05, 0) is 67.7 Å². The molecule has 6 heteroatoms. The molecule has 1 atom stereocenters. The lowest BCUT2D eigenvalue weighted by Crippen LogP contribution is -2.30. The van der Waals surface area contributed by atoms with Crippen LogP contribution < -0.4 is 10.3 Å². The highest BCUT2D eigenvalue weighted by atomic mass is 16.5. The second-order valence-electron chi connectivity index (χ2n) is 7.58. The summed E-state index contributed by atoms with van der Waals surface area (Å²) in [6.45, 7) is 2.14. The van der Waals surface area contributed by atoms with Crippen LogP contribution in [0.2, 0.25) is 0 Å². The molecule has 1 aromatic carbocycles. The molecule has 2 aromatic heterocycles. The molecule has 1 saturated carbocycles. The van der Waals surface area contributed by atoms with Crippen molar-refractivity contribution in [3.8, 4) is 11.7 Å². The SMILES string of the molecule is Cc1c(OC2CC2)cccc1C1CCc2c(cnn(-c3nc[c]cn3)c2=O)C1. The first-order valence-electron chi connectivity index (χ1n) is 9.75. The van der Waals surface area contributed by atoms with Crippen molar-refractivity contribution in [2.45, 2.75) is 51.0 Å². The monoisotopic (exact) mass is 373 g/mol. The van der Waals surface area contributed by atoms with E-state index in [0.29, 0.717) is 12.0 Å². The first-order chi connectivity index (χ1) is 13.7. The number of hydrogen-bond donors (Lipinski definition) is 0. The van der Waals surface area contributed by atoms with E-state index < -0.39 is 0 Å². The molecule has 0 amide bonds. The Morgan fingerprint density at radius 3 is 2.79 bits per heavy atom. The minimum Gasteiger partial charge on any atom is -0.490 e.